The second kappa shape index (κ2) is 5.86. The normalized spacial score (nSPS) is 12.9. The lowest BCUT2D eigenvalue weighted by atomic mass is 9.95. The summed E-state index contributed by atoms with van der Waals surface area (Å²) in [5.41, 5.74) is -4.31. The third-order valence-electron chi connectivity index (χ3n) is 2.78. The van der Waals surface area contributed by atoms with Gasteiger partial charge < -0.3 is 5.32 Å². The molecule has 1 aromatic carbocycles. The predicted molar refractivity (Wildman–Crippen MR) is 69.9 cm³/mol. The second-order valence-electron chi connectivity index (χ2n) is 5.79. The predicted octanol–water partition coefficient (Wildman–Crippen LogP) is 4.44. The summed E-state index contributed by atoms with van der Waals surface area (Å²) in [6.07, 6.45) is -10.3. The molecule has 1 aromatic rings. The highest BCUT2D eigenvalue weighted by Crippen LogP contribution is 2.34. The van der Waals surface area contributed by atoms with Crippen molar-refractivity contribution in [1.82, 2.24) is 0 Å². The van der Waals surface area contributed by atoms with Crippen molar-refractivity contribution in [3.8, 4) is 0 Å². The highest BCUT2D eigenvalue weighted by Gasteiger charge is 2.42. The van der Waals surface area contributed by atoms with Crippen LogP contribution in [0.4, 0.5) is 32.0 Å². The van der Waals surface area contributed by atoms with E-state index in [9.17, 15) is 35.9 Å². The summed E-state index contributed by atoms with van der Waals surface area (Å²) in [7, 11) is 0. The van der Waals surface area contributed by atoms with Gasteiger partial charge in [0.15, 0.2) is 0 Å². The third-order valence-corrected chi connectivity index (χ3v) is 2.78. The van der Waals surface area contributed by atoms with Gasteiger partial charge in [0.05, 0.1) is 16.8 Å². The van der Waals surface area contributed by atoms with E-state index < -0.39 is 46.3 Å². The minimum Gasteiger partial charge on any atom is -0.325 e. The van der Waals surface area contributed by atoms with Gasteiger partial charge in [0.25, 0.3) is 5.78 Å². The summed E-state index contributed by atoms with van der Waals surface area (Å²) in [5, 5.41) is 2.06. The fraction of sp³-hybridized carbons (Fsp3) is 0.429. The van der Waals surface area contributed by atoms with Crippen LogP contribution < -0.4 is 5.32 Å². The van der Waals surface area contributed by atoms with Crippen molar-refractivity contribution in [2.75, 3.05) is 5.32 Å². The fourth-order valence-electron chi connectivity index (χ4n) is 1.48. The molecule has 0 atom stereocenters. The van der Waals surface area contributed by atoms with Crippen LogP contribution in [0, 0.1) is 5.41 Å². The highest BCUT2D eigenvalue weighted by molar-refractivity contribution is 6.08. The van der Waals surface area contributed by atoms with Gasteiger partial charge in [-0.3, -0.25) is 9.59 Å². The Kier molecular flexibility index (Phi) is 4.84. The van der Waals surface area contributed by atoms with E-state index in [1.807, 2.05) is 0 Å². The SMILES string of the molecule is CC(C)(C)C(=O)Nc1ccc(C(F)(F)F)cc1C(=O)C(F)(F)F. The van der Waals surface area contributed by atoms with Gasteiger partial charge in [-0.05, 0) is 18.2 Å². The molecule has 0 aliphatic rings. The van der Waals surface area contributed by atoms with Gasteiger partial charge in [0, 0.05) is 5.41 Å². The molecule has 0 fully saturated rings. The number of halogens is 6. The molecule has 0 saturated heterocycles. The van der Waals surface area contributed by atoms with E-state index in [4.69, 9.17) is 0 Å². The van der Waals surface area contributed by atoms with Crippen molar-refractivity contribution in [2.24, 2.45) is 5.41 Å². The Morgan fingerprint density at radius 2 is 1.48 bits per heavy atom. The van der Waals surface area contributed by atoms with Crippen LogP contribution in [0.25, 0.3) is 0 Å². The monoisotopic (exact) mass is 341 g/mol. The van der Waals surface area contributed by atoms with E-state index in [1.165, 1.54) is 20.8 Å². The highest BCUT2D eigenvalue weighted by atomic mass is 19.4. The van der Waals surface area contributed by atoms with Crippen molar-refractivity contribution in [2.45, 2.75) is 33.1 Å². The molecule has 3 nitrogen and oxygen atoms in total. The molecule has 0 aliphatic heterocycles. The number of carbonyl (C=O) groups is 2. The van der Waals surface area contributed by atoms with Gasteiger partial charge in [0.2, 0.25) is 5.91 Å². The number of rotatable bonds is 2. The summed E-state index contributed by atoms with van der Waals surface area (Å²) in [6.45, 7) is 4.37. The maximum atomic E-state index is 12.6. The number of alkyl halides is 6. The van der Waals surface area contributed by atoms with Crippen LogP contribution in [-0.2, 0) is 11.0 Å². The molecule has 23 heavy (non-hydrogen) atoms. The summed E-state index contributed by atoms with van der Waals surface area (Å²) in [4.78, 5) is 23.2. The summed E-state index contributed by atoms with van der Waals surface area (Å²) in [5.74, 6) is -3.21. The molecule has 1 N–H and O–H groups in total. The molecule has 0 aromatic heterocycles. The number of anilines is 1. The lowest BCUT2D eigenvalue weighted by Crippen LogP contribution is -2.30. The molecule has 0 aliphatic carbocycles. The van der Waals surface area contributed by atoms with E-state index in [-0.39, 0.29) is 6.07 Å². The van der Waals surface area contributed by atoms with E-state index in [1.54, 1.807) is 0 Å². The summed E-state index contributed by atoms with van der Waals surface area (Å²) >= 11 is 0. The number of Topliss-reactive ketones (excluding diaryl/α,β-unsaturated/α-hetero) is 1. The molecule has 1 amide bonds. The molecule has 0 spiro atoms. The molecular weight excluding hydrogens is 328 g/mol. The summed E-state index contributed by atoms with van der Waals surface area (Å²) in [6, 6.07) is 1.20. The van der Waals surface area contributed by atoms with Gasteiger partial charge in [0.1, 0.15) is 0 Å². The van der Waals surface area contributed by atoms with Crippen LogP contribution in [0.5, 0.6) is 0 Å². The van der Waals surface area contributed by atoms with Crippen LogP contribution in [0.15, 0.2) is 18.2 Å². The molecule has 0 radical (unpaired) electrons. The number of hydrogen-bond acceptors (Lipinski definition) is 2. The van der Waals surface area contributed by atoms with Crippen LogP contribution in [-0.4, -0.2) is 17.9 Å². The number of carbonyl (C=O) groups excluding carboxylic acids is 2. The first-order valence-electron chi connectivity index (χ1n) is 6.28. The fourth-order valence-corrected chi connectivity index (χ4v) is 1.48. The molecule has 0 bridgehead atoms. The van der Waals surface area contributed by atoms with Crippen LogP contribution in [0.3, 0.4) is 0 Å². The van der Waals surface area contributed by atoms with E-state index in [2.05, 4.69) is 5.32 Å². The molecular formula is C14H13F6NO2. The third kappa shape index (κ3) is 4.70. The van der Waals surface area contributed by atoms with E-state index in [0.29, 0.717) is 12.1 Å². The average Bonchev–Trinajstić information content (AvgIpc) is 2.34. The Hall–Kier alpha value is -2.06. The quantitative estimate of drug-likeness (QED) is 0.639. The molecule has 9 heteroatoms. The smallest absolute Gasteiger partial charge is 0.325 e. The standard InChI is InChI=1S/C14H13F6NO2/c1-12(2,3)11(23)21-9-5-4-7(13(15,16)17)6-8(9)10(22)14(18,19)20/h4-6H,1-3H3,(H,21,23). The average molecular weight is 341 g/mol. The molecule has 0 unspecified atom stereocenters. The zero-order chi connectivity index (χ0) is 18.2. The molecule has 1 rings (SSSR count). The lowest BCUT2D eigenvalue weighted by Gasteiger charge is -2.20. The largest absolute Gasteiger partial charge is 0.454 e. The first kappa shape index (κ1) is 19.0. The topological polar surface area (TPSA) is 46.2 Å². The zero-order valence-electron chi connectivity index (χ0n) is 12.3. The van der Waals surface area contributed by atoms with Crippen molar-refractivity contribution in [1.29, 1.82) is 0 Å². The maximum absolute atomic E-state index is 12.6. The molecule has 0 saturated carbocycles. The van der Waals surface area contributed by atoms with Crippen LogP contribution in [0.1, 0.15) is 36.7 Å². The Labute approximate surface area is 127 Å². The van der Waals surface area contributed by atoms with Gasteiger partial charge in [-0.15, -0.1) is 0 Å². The molecule has 128 valence electrons. The van der Waals surface area contributed by atoms with Crippen LogP contribution in [0.2, 0.25) is 0 Å². The lowest BCUT2D eigenvalue weighted by molar-refractivity contribution is -0.137. The minimum absolute atomic E-state index is 0.0775. The second-order valence-corrected chi connectivity index (χ2v) is 5.79. The van der Waals surface area contributed by atoms with Crippen molar-refractivity contribution < 1.29 is 35.9 Å². The van der Waals surface area contributed by atoms with Crippen molar-refractivity contribution in [3.63, 3.8) is 0 Å². The van der Waals surface area contributed by atoms with Gasteiger partial charge in [-0.25, -0.2) is 0 Å². The van der Waals surface area contributed by atoms with Gasteiger partial charge >= 0.3 is 12.4 Å². The Bertz CT molecular complexity index is 626. The molecule has 0 heterocycles. The maximum Gasteiger partial charge on any atom is 0.454 e. The number of amides is 1. The van der Waals surface area contributed by atoms with Crippen LogP contribution >= 0.6 is 0 Å². The summed E-state index contributed by atoms with van der Waals surface area (Å²) < 4.78 is 75.6. The van der Waals surface area contributed by atoms with E-state index >= 15 is 0 Å². The Morgan fingerprint density at radius 1 is 0.957 bits per heavy atom. The first-order chi connectivity index (χ1) is 10.1. The first-order valence-corrected chi connectivity index (χ1v) is 6.28. The number of ketones is 1. The number of nitrogens with one attached hydrogen (secondary N) is 1. The minimum atomic E-state index is -5.37. The zero-order valence-corrected chi connectivity index (χ0v) is 12.3. The Morgan fingerprint density at radius 3 is 1.87 bits per heavy atom. The van der Waals surface area contributed by atoms with Crippen molar-refractivity contribution >= 4 is 17.4 Å². The van der Waals surface area contributed by atoms with E-state index in [0.717, 1.165) is 0 Å². The van der Waals surface area contributed by atoms with Gasteiger partial charge in [-0.1, -0.05) is 20.8 Å². The number of hydrogen-bond donors (Lipinski definition) is 1. The van der Waals surface area contributed by atoms with Crippen molar-refractivity contribution in [3.05, 3.63) is 29.3 Å². The number of benzene rings is 1. The van der Waals surface area contributed by atoms with Gasteiger partial charge in [-0.2, -0.15) is 26.3 Å². The Balaban J connectivity index is 3.41.